The van der Waals surface area contributed by atoms with Crippen LogP contribution in [0.5, 0.6) is 0 Å². The van der Waals surface area contributed by atoms with Crippen molar-refractivity contribution >= 4 is 23.2 Å². The first-order valence-electron chi connectivity index (χ1n) is 6.92. The molecule has 5 heteroatoms. The summed E-state index contributed by atoms with van der Waals surface area (Å²) >= 11 is 6.00. The van der Waals surface area contributed by atoms with Gasteiger partial charge >= 0.3 is 0 Å². The molecule has 1 saturated heterocycles. The lowest BCUT2D eigenvalue weighted by Crippen LogP contribution is -2.39. The second kappa shape index (κ2) is 7.07. The average Bonchev–Trinajstić information content (AvgIpc) is 2.42. The van der Waals surface area contributed by atoms with Crippen LogP contribution in [0.15, 0.2) is 24.3 Å². The molecule has 110 valence electrons. The van der Waals surface area contributed by atoms with Crippen molar-refractivity contribution in [2.24, 2.45) is 5.41 Å². The van der Waals surface area contributed by atoms with E-state index in [1.54, 1.807) is 12.1 Å². The highest BCUT2D eigenvalue weighted by Gasteiger charge is 2.26. The number of carbonyl (C=O) groups excluding carboxylic acids is 1. The first-order valence-corrected chi connectivity index (χ1v) is 7.30. The fourth-order valence-corrected chi connectivity index (χ4v) is 2.46. The predicted octanol–water partition coefficient (Wildman–Crippen LogP) is 2.68. The van der Waals surface area contributed by atoms with E-state index in [9.17, 15) is 4.79 Å². The van der Waals surface area contributed by atoms with Crippen molar-refractivity contribution in [1.82, 2.24) is 5.32 Å². The standard InChI is InChI=1S/C15H21ClN2O2/c1-15(6-8-20-9-7-15)11-17-10-14(19)18-13-5-3-2-4-12(13)16/h2-5,17H,6-11H2,1H3,(H,18,19). The Labute approximate surface area is 124 Å². The molecule has 0 spiro atoms. The third kappa shape index (κ3) is 4.47. The lowest BCUT2D eigenvalue weighted by Gasteiger charge is -2.33. The van der Waals surface area contributed by atoms with E-state index in [0.29, 0.717) is 17.3 Å². The zero-order valence-corrected chi connectivity index (χ0v) is 12.5. The molecule has 0 aromatic heterocycles. The van der Waals surface area contributed by atoms with E-state index in [1.807, 2.05) is 12.1 Å². The molecule has 1 heterocycles. The Balaban J connectivity index is 1.74. The lowest BCUT2D eigenvalue weighted by atomic mass is 9.82. The summed E-state index contributed by atoms with van der Waals surface area (Å²) in [7, 11) is 0. The number of hydrogen-bond acceptors (Lipinski definition) is 3. The van der Waals surface area contributed by atoms with Crippen LogP contribution in [-0.4, -0.2) is 32.2 Å². The second-order valence-corrected chi connectivity index (χ2v) is 5.96. The van der Waals surface area contributed by atoms with Crippen LogP contribution in [0, 0.1) is 5.41 Å². The molecular formula is C15H21ClN2O2. The van der Waals surface area contributed by atoms with E-state index in [0.717, 1.165) is 32.6 Å². The SMILES string of the molecule is CC1(CNCC(=O)Nc2ccccc2Cl)CCOCC1. The van der Waals surface area contributed by atoms with Gasteiger partial charge in [0, 0.05) is 19.8 Å². The molecule has 0 unspecified atom stereocenters. The molecule has 1 aromatic rings. The fraction of sp³-hybridized carbons (Fsp3) is 0.533. The normalized spacial score (nSPS) is 17.7. The van der Waals surface area contributed by atoms with Crippen molar-refractivity contribution in [3.8, 4) is 0 Å². The molecule has 1 aliphatic heterocycles. The number of rotatable bonds is 5. The van der Waals surface area contributed by atoms with Gasteiger partial charge in [-0.2, -0.15) is 0 Å². The van der Waals surface area contributed by atoms with Gasteiger partial charge in [0.05, 0.1) is 17.3 Å². The number of halogens is 1. The van der Waals surface area contributed by atoms with E-state index in [2.05, 4.69) is 17.6 Å². The minimum atomic E-state index is -0.0752. The Morgan fingerprint density at radius 2 is 2.05 bits per heavy atom. The van der Waals surface area contributed by atoms with Crippen molar-refractivity contribution < 1.29 is 9.53 Å². The maximum Gasteiger partial charge on any atom is 0.238 e. The Kier molecular flexibility index (Phi) is 5.40. The zero-order chi connectivity index (χ0) is 14.4. The average molecular weight is 297 g/mol. The van der Waals surface area contributed by atoms with Crippen LogP contribution in [0.4, 0.5) is 5.69 Å². The number of anilines is 1. The van der Waals surface area contributed by atoms with Gasteiger partial charge in [-0.25, -0.2) is 0 Å². The molecule has 0 aliphatic carbocycles. The second-order valence-electron chi connectivity index (χ2n) is 5.55. The van der Waals surface area contributed by atoms with Crippen LogP contribution in [0.25, 0.3) is 0 Å². The summed E-state index contributed by atoms with van der Waals surface area (Å²) in [4.78, 5) is 11.9. The van der Waals surface area contributed by atoms with E-state index in [-0.39, 0.29) is 11.3 Å². The van der Waals surface area contributed by atoms with Crippen molar-refractivity contribution in [1.29, 1.82) is 0 Å². The van der Waals surface area contributed by atoms with Crippen LogP contribution in [0.2, 0.25) is 5.02 Å². The van der Waals surface area contributed by atoms with Crippen LogP contribution >= 0.6 is 11.6 Å². The molecule has 0 atom stereocenters. The maximum atomic E-state index is 11.9. The summed E-state index contributed by atoms with van der Waals surface area (Å²) in [5.41, 5.74) is 0.876. The third-order valence-corrected chi connectivity index (χ3v) is 4.01. The van der Waals surface area contributed by atoms with Gasteiger partial charge in [-0.15, -0.1) is 0 Å². The lowest BCUT2D eigenvalue weighted by molar-refractivity contribution is -0.115. The van der Waals surface area contributed by atoms with Crippen molar-refractivity contribution in [3.05, 3.63) is 29.3 Å². The number of carbonyl (C=O) groups is 1. The van der Waals surface area contributed by atoms with E-state index < -0.39 is 0 Å². The molecule has 2 N–H and O–H groups in total. The van der Waals surface area contributed by atoms with Gasteiger partial charge in [-0.05, 0) is 30.4 Å². The minimum absolute atomic E-state index is 0.0752. The van der Waals surface area contributed by atoms with Gasteiger partial charge in [-0.1, -0.05) is 30.7 Å². The largest absolute Gasteiger partial charge is 0.381 e. The molecule has 20 heavy (non-hydrogen) atoms. The minimum Gasteiger partial charge on any atom is -0.381 e. The number of benzene rings is 1. The Bertz CT molecular complexity index is 459. The molecule has 0 bridgehead atoms. The molecule has 1 amide bonds. The number of amides is 1. The summed E-state index contributed by atoms with van der Waals surface area (Å²) in [6.45, 7) is 4.97. The molecule has 4 nitrogen and oxygen atoms in total. The summed E-state index contributed by atoms with van der Waals surface area (Å²) in [5.74, 6) is -0.0752. The fourth-order valence-electron chi connectivity index (χ4n) is 2.28. The van der Waals surface area contributed by atoms with Crippen LogP contribution in [0.3, 0.4) is 0 Å². The van der Waals surface area contributed by atoms with Crippen LogP contribution < -0.4 is 10.6 Å². The summed E-state index contributed by atoms with van der Waals surface area (Å²) in [5, 5.41) is 6.58. The topological polar surface area (TPSA) is 50.4 Å². The number of hydrogen-bond donors (Lipinski definition) is 2. The van der Waals surface area contributed by atoms with Crippen molar-refractivity contribution in [3.63, 3.8) is 0 Å². The summed E-state index contributed by atoms with van der Waals surface area (Å²) in [6, 6.07) is 7.23. The van der Waals surface area contributed by atoms with Gasteiger partial charge in [0.1, 0.15) is 0 Å². The quantitative estimate of drug-likeness (QED) is 0.878. The van der Waals surface area contributed by atoms with Crippen molar-refractivity contribution in [2.45, 2.75) is 19.8 Å². The Hall–Kier alpha value is -1.10. The highest BCUT2D eigenvalue weighted by Crippen LogP contribution is 2.28. The monoisotopic (exact) mass is 296 g/mol. The Morgan fingerprint density at radius 3 is 2.75 bits per heavy atom. The highest BCUT2D eigenvalue weighted by atomic mass is 35.5. The van der Waals surface area contributed by atoms with Crippen molar-refractivity contribution in [2.75, 3.05) is 31.6 Å². The molecule has 0 saturated carbocycles. The summed E-state index contributed by atoms with van der Waals surface area (Å²) < 4.78 is 5.36. The molecule has 0 radical (unpaired) electrons. The molecule has 1 fully saturated rings. The Morgan fingerprint density at radius 1 is 1.35 bits per heavy atom. The number of ether oxygens (including phenoxy) is 1. The molecular weight excluding hydrogens is 276 g/mol. The van der Waals surface area contributed by atoms with Crippen LogP contribution in [0.1, 0.15) is 19.8 Å². The number of para-hydroxylation sites is 1. The van der Waals surface area contributed by atoms with Gasteiger partial charge in [0.2, 0.25) is 5.91 Å². The van der Waals surface area contributed by atoms with E-state index in [1.165, 1.54) is 0 Å². The number of nitrogens with one attached hydrogen (secondary N) is 2. The third-order valence-electron chi connectivity index (χ3n) is 3.69. The molecule has 2 rings (SSSR count). The van der Waals surface area contributed by atoms with Gasteiger partial charge in [0.15, 0.2) is 0 Å². The first-order chi connectivity index (χ1) is 9.59. The molecule has 1 aromatic carbocycles. The van der Waals surface area contributed by atoms with E-state index in [4.69, 9.17) is 16.3 Å². The zero-order valence-electron chi connectivity index (χ0n) is 11.7. The summed E-state index contributed by atoms with van der Waals surface area (Å²) in [6.07, 6.45) is 2.07. The van der Waals surface area contributed by atoms with Gasteiger partial charge < -0.3 is 15.4 Å². The predicted molar refractivity (Wildman–Crippen MR) is 81.1 cm³/mol. The highest BCUT2D eigenvalue weighted by molar-refractivity contribution is 6.33. The van der Waals surface area contributed by atoms with E-state index >= 15 is 0 Å². The maximum absolute atomic E-state index is 11.9. The van der Waals surface area contributed by atoms with Crippen LogP contribution in [-0.2, 0) is 9.53 Å². The van der Waals surface area contributed by atoms with Gasteiger partial charge in [0.25, 0.3) is 0 Å². The van der Waals surface area contributed by atoms with Gasteiger partial charge in [-0.3, -0.25) is 4.79 Å². The molecule has 1 aliphatic rings. The first kappa shape index (κ1) is 15.3. The smallest absolute Gasteiger partial charge is 0.238 e.